The zero-order chi connectivity index (χ0) is 14.4. The minimum absolute atomic E-state index is 0.0557. The Labute approximate surface area is 115 Å². The predicted molar refractivity (Wildman–Crippen MR) is 68.1 cm³/mol. The number of imidazole rings is 1. The van der Waals surface area contributed by atoms with E-state index in [1.54, 1.807) is 18.2 Å². The molecule has 2 aromatic carbocycles. The second kappa shape index (κ2) is 4.42. The van der Waals surface area contributed by atoms with Crippen molar-refractivity contribution in [3.05, 3.63) is 46.7 Å². The molecule has 0 fully saturated rings. The van der Waals surface area contributed by atoms with E-state index in [-0.39, 0.29) is 11.4 Å². The third-order valence-electron chi connectivity index (χ3n) is 2.85. The van der Waals surface area contributed by atoms with Crippen molar-refractivity contribution in [2.24, 2.45) is 0 Å². The molecule has 0 saturated carbocycles. The average Bonchev–Trinajstić information content (AvgIpc) is 2.86. The number of aromatic nitrogens is 2. The Morgan fingerprint density at radius 1 is 1.15 bits per heavy atom. The van der Waals surface area contributed by atoms with Crippen molar-refractivity contribution in [3.63, 3.8) is 0 Å². The normalized spacial score (nSPS) is 11.2. The number of fused-ring (bicyclic) bond motifs is 1. The van der Waals surface area contributed by atoms with Gasteiger partial charge in [-0.2, -0.15) is 4.39 Å². The van der Waals surface area contributed by atoms with E-state index in [0.717, 1.165) is 0 Å². The van der Waals surface area contributed by atoms with E-state index >= 15 is 0 Å². The number of benzene rings is 2. The quantitative estimate of drug-likeness (QED) is 0.667. The molecular formula is C13H6ClF3N2O. The van der Waals surface area contributed by atoms with Crippen LogP contribution in [0, 0.1) is 17.5 Å². The fourth-order valence-electron chi connectivity index (χ4n) is 1.89. The number of aromatic amines is 1. The van der Waals surface area contributed by atoms with Crippen LogP contribution in [0.15, 0.2) is 24.3 Å². The molecule has 102 valence electrons. The summed E-state index contributed by atoms with van der Waals surface area (Å²) in [5, 5.41) is 9.53. The number of halogens is 4. The van der Waals surface area contributed by atoms with Crippen LogP contribution in [0.25, 0.3) is 22.4 Å². The maximum absolute atomic E-state index is 13.8. The third-order valence-corrected chi connectivity index (χ3v) is 3.16. The summed E-state index contributed by atoms with van der Waals surface area (Å²) in [6.45, 7) is 0. The number of aromatic hydroxyl groups is 1. The molecule has 20 heavy (non-hydrogen) atoms. The van der Waals surface area contributed by atoms with E-state index in [1.807, 2.05) is 0 Å². The van der Waals surface area contributed by atoms with Crippen LogP contribution in [-0.2, 0) is 0 Å². The summed E-state index contributed by atoms with van der Waals surface area (Å²) < 4.78 is 40.1. The van der Waals surface area contributed by atoms with E-state index in [2.05, 4.69) is 9.97 Å². The standard InChI is InChI=1S/C13H6ClF3N2O/c14-6-2-1-3-8-11(6)19-13(18-8)5-4-7(15)10(17)12(20)9(5)16/h1-4,20H,(H,18,19). The Kier molecular flexibility index (Phi) is 2.83. The first-order chi connectivity index (χ1) is 9.49. The van der Waals surface area contributed by atoms with Crippen molar-refractivity contribution in [1.82, 2.24) is 9.97 Å². The Balaban J connectivity index is 2.29. The van der Waals surface area contributed by atoms with Gasteiger partial charge >= 0.3 is 0 Å². The summed E-state index contributed by atoms with van der Waals surface area (Å²) in [7, 11) is 0. The fraction of sp³-hybridized carbons (Fsp3) is 0. The van der Waals surface area contributed by atoms with Crippen LogP contribution < -0.4 is 0 Å². The highest BCUT2D eigenvalue weighted by atomic mass is 35.5. The molecule has 0 amide bonds. The van der Waals surface area contributed by atoms with Crippen LogP contribution in [0.2, 0.25) is 5.02 Å². The maximum Gasteiger partial charge on any atom is 0.203 e. The van der Waals surface area contributed by atoms with Gasteiger partial charge in [0.05, 0.1) is 16.1 Å². The van der Waals surface area contributed by atoms with Crippen LogP contribution in [-0.4, -0.2) is 15.1 Å². The fourth-order valence-corrected chi connectivity index (χ4v) is 2.10. The molecule has 0 bridgehead atoms. The molecule has 0 saturated heterocycles. The van der Waals surface area contributed by atoms with Crippen molar-refractivity contribution < 1.29 is 18.3 Å². The highest BCUT2D eigenvalue weighted by Crippen LogP contribution is 2.33. The molecule has 1 heterocycles. The average molecular weight is 299 g/mol. The van der Waals surface area contributed by atoms with Crippen LogP contribution >= 0.6 is 11.6 Å². The van der Waals surface area contributed by atoms with Gasteiger partial charge in [0.25, 0.3) is 0 Å². The van der Waals surface area contributed by atoms with Gasteiger partial charge in [0.2, 0.25) is 5.82 Å². The molecule has 1 aromatic heterocycles. The summed E-state index contributed by atoms with van der Waals surface area (Å²) in [4.78, 5) is 6.76. The molecule has 3 aromatic rings. The largest absolute Gasteiger partial charge is 0.503 e. The van der Waals surface area contributed by atoms with Gasteiger partial charge in [-0.15, -0.1) is 0 Å². The van der Waals surface area contributed by atoms with Crippen molar-refractivity contribution >= 4 is 22.6 Å². The van der Waals surface area contributed by atoms with E-state index in [4.69, 9.17) is 11.6 Å². The monoisotopic (exact) mass is 298 g/mol. The van der Waals surface area contributed by atoms with Gasteiger partial charge < -0.3 is 10.1 Å². The molecule has 3 rings (SSSR count). The number of H-pyrrole nitrogens is 1. The van der Waals surface area contributed by atoms with Crippen molar-refractivity contribution in [2.75, 3.05) is 0 Å². The first-order valence-electron chi connectivity index (χ1n) is 5.50. The first kappa shape index (κ1) is 12.8. The summed E-state index contributed by atoms with van der Waals surface area (Å²) in [5.41, 5.74) is 0.498. The Morgan fingerprint density at radius 2 is 1.90 bits per heavy atom. The Bertz CT molecular complexity index is 832. The summed E-state index contributed by atoms with van der Waals surface area (Å²) in [6, 6.07) is 5.52. The molecule has 0 unspecified atom stereocenters. The zero-order valence-electron chi connectivity index (χ0n) is 9.72. The van der Waals surface area contributed by atoms with E-state index in [0.29, 0.717) is 22.1 Å². The topological polar surface area (TPSA) is 48.9 Å². The molecule has 7 heteroatoms. The van der Waals surface area contributed by atoms with Gasteiger partial charge in [-0.3, -0.25) is 0 Å². The molecule has 0 aliphatic carbocycles. The molecule has 0 radical (unpaired) electrons. The summed E-state index contributed by atoms with van der Waals surface area (Å²) >= 11 is 5.93. The zero-order valence-corrected chi connectivity index (χ0v) is 10.5. The summed E-state index contributed by atoms with van der Waals surface area (Å²) in [6.07, 6.45) is 0. The van der Waals surface area contributed by atoms with Gasteiger partial charge in [-0.1, -0.05) is 17.7 Å². The van der Waals surface area contributed by atoms with Crippen LogP contribution in [0.4, 0.5) is 13.2 Å². The highest BCUT2D eigenvalue weighted by molar-refractivity contribution is 6.35. The van der Waals surface area contributed by atoms with Gasteiger partial charge in [-0.05, 0) is 18.2 Å². The Hall–Kier alpha value is -2.21. The maximum atomic E-state index is 13.8. The number of nitrogens with zero attached hydrogens (tertiary/aromatic N) is 1. The number of nitrogens with one attached hydrogen (secondary N) is 1. The lowest BCUT2D eigenvalue weighted by Gasteiger charge is -2.03. The third kappa shape index (κ3) is 1.80. The number of rotatable bonds is 1. The number of para-hydroxylation sites is 1. The first-order valence-corrected chi connectivity index (χ1v) is 5.88. The lowest BCUT2D eigenvalue weighted by atomic mass is 10.1. The second-order valence-corrected chi connectivity index (χ2v) is 4.51. The SMILES string of the molecule is Oc1c(F)c(F)cc(-c2nc3c(Cl)cccc3[nH]2)c1F. The number of phenols is 1. The van der Waals surface area contributed by atoms with Crippen molar-refractivity contribution in [3.8, 4) is 17.1 Å². The highest BCUT2D eigenvalue weighted by Gasteiger charge is 2.21. The summed E-state index contributed by atoms with van der Waals surface area (Å²) in [5.74, 6) is -5.74. The Morgan fingerprint density at radius 3 is 2.60 bits per heavy atom. The molecule has 3 nitrogen and oxygen atoms in total. The number of hydrogen-bond acceptors (Lipinski definition) is 2. The van der Waals surface area contributed by atoms with Crippen molar-refractivity contribution in [2.45, 2.75) is 0 Å². The molecule has 0 atom stereocenters. The molecule has 2 N–H and O–H groups in total. The minimum Gasteiger partial charge on any atom is -0.503 e. The second-order valence-electron chi connectivity index (χ2n) is 4.10. The molecule has 0 spiro atoms. The van der Waals surface area contributed by atoms with Gasteiger partial charge in [0.15, 0.2) is 17.4 Å². The molecule has 0 aliphatic heterocycles. The van der Waals surface area contributed by atoms with Gasteiger partial charge in [0, 0.05) is 0 Å². The smallest absolute Gasteiger partial charge is 0.203 e. The van der Waals surface area contributed by atoms with Crippen LogP contribution in [0.1, 0.15) is 0 Å². The predicted octanol–water partition coefficient (Wildman–Crippen LogP) is 4.01. The molecular weight excluding hydrogens is 293 g/mol. The van der Waals surface area contributed by atoms with Crippen LogP contribution in [0.3, 0.4) is 0 Å². The number of phenolic OH excluding ortho intramolecular Hbond substituents is 1. The number of hydrogen-bond donors (Lipinski definition) is 2. The van der Waals surface area contributed by atoms with Crippen LogP contribution in [0.5, 0.6) is 5.75 Å². The van der Waals surface area contributed by atoms with E-state index in [1.165, 1.54) is 0 Å². The lowest BCUT2D eigenvalue weighted by Crippen LogP contribution is -1.94. The van der Waals surface area contributed by atoms with Gasteiger partial charge in [0.1, 0.15) is 11.3 Å². The minimum atomic E-state index is -1.64. The lowest BCUT2D eigenvalue weighted by molar-refractivity contribution is 0.377. The van der Waals surface area contributed by atoms with Crippen molar-refractivity contribution in [1.29, 1.82) is 0 Å². The van der Waals surface area contributed by atoms with E-state index in [9.17, 15) is 18.3 Å². The van der Waals surface area contributed by atoms with Gasteiger partial charge in [-0.25, -0.2) is 13.8 Å². The van der Waals surface area contributed by atoms with E-state index < -0.39 is 23.2 Å². The molecule has 0 aliphatic rings.